The highest BCUT2D eigenvalue weighted by atomic mass is 32.2. The standard InChI is InChI=1S/C28H41N7O6S2/c1-41-18-7-8-21-19(12-18)16(13-33-21)11-22(34-24(36)20(29)5-3-9-32-28(30)31)27(40)43-15-17(14-42-2)25(37)35-10-4-6-23(35)26(38)39/h7-8,12-13,17,20,22-23,33H,3-6,9-11,14-15,29H2,1-2H3,(H,34,36)(H,38,39)(H4,30,31,32)/t17?,20-,22-,23-/m0/s1. The van der Waals surface area contributed by atoms with Gasteiger partial charge in [0.15, 0.2) is 5.96 Å². The van der Waals surface area contributed by atoms with Crippen molar-refractivity contribution in [3.05, 3.63) is 30.0 Å². The molecule has 13 nitrogen and oxygen atoms in total. The Balaban J connectivity index is 1.75. The van der Waals surface area contributed by atoms with Crippen LogP contribution in [-0.4, -0.2) is 99.9 Å². The van der Waals surface area contributed by atoms with Crippen LogP contribution < -0.4 is 26.8 Å². The number of aliphatic carboxylic acids is 1. The topological polar surface area (TPSA) is 217 Å². The normalized spacial score (nSPS) is 16.8. The number of nitrogens with zero attached hydrogens (tertiary/aromatic N) is 1. The molecule has 9 N–H and O–H groups in total. The number of methoxy groups -OCH3 is 1. The van der Waals surface area contributed by atoms with Gasteiger partial charge in [-0.2, -0.15) is 11.8 Å². The minimum absolute atomic E-state index is 0.151. The van der Waals surface area contributed by atoms with E-state index in [9.17, 15) is 24.3 Å². The average molecular weight is 636 g/mol. The number of nitrogens with two attached hydrogens (primary N) is 2. The van der Waals surface area contributed by atoms with Gasteiger partial charge < -0.3 is 41.8 Å². The van der Waals surface area contributed by atoms with Crippen molar-refractivity contribution in [2.75, 3.05) is 38.0 Å². The van der Waals surface area contributed by atoms with E-state index in [-0.39, 0.29) is 29.2 Å². The van der Waals surface area contributed by atoms with Crippen LogP contribution in [0, 0.1) is 11.3 Å². The third kappa shape index (κ3) is 9.53. The summed E-state index contributed by atoms with van der Waals surface area (Å²) in [5.74, 6) is -1.29. The molecule has 1 aliphatic rings. The second-order valence-corrected chi connectivity index (χ2v) is 12.3. The minimum atomic E-state index is -1.02. The van der Waals surface area contributed by atoms with Gasteiger partial charge in [-0.25, -0.2) is 4.79 Å². The fraction of sp³-hybridized carbons (Fsp3) is 0.536. The number of carbonyl (C=O) groups is 4. The first kappa shape index (κ1) is 34.1. The van der Waals surface area contributed by atoms with Crippen LogP contribution in [0.25, 0.3) is 10.9 Å². The number of hydrogen-bond donors (Lipinski definition) is 7. The monoisotopic (exact) mass is 635 g/mol. The fourth-order valence-electron chi connectivity index (χ4n) is 5.02. The van der Waals surface area contributed by atoms with Crippen LogP contribution in [0.3, 0.4) is 0 Å². The van der Waals surface area contributed by atoms with Gasteiger partial charge in [0.05, 0.1) is 19.1 Å². The number of H-pyrrole nitrogens is 1. The zero-order valence-electron chi connectivity index (χ0n) is 24.4. The van der Waals surface area contributed by atoms with E-state index in [1.807, 2.05) is 24.5 Å². The van der Waals surface area contributed by atoms with E-state index in [4.69, 9.17) is 21.6 Å². The van der Waals surface area contributed by atoms with E-state index in [2.05, 4.69) is 15.6 Å². The van der Waals surface area contributed by atoms with Crippen LogP contribution in [0.1, 0.15) is 31.2 Å². The maximum atomic E-state index is 13.6. The molecule has 0 saturated carbocycles. The van der Waals surface area contributed by atoms with Gasteiger partial charge in [0.1, 0.15) is 17.8 Å². The molecule has 4 atom stereocenters. The van der Waals surface area contributed by atoms with Gasteiger partial charge in [-0.3, -0.25) is 19.8 Å². The first-order valence-electron chi connectivity index (χ1n) is 14.0. The van der Waals surface area contributed by atoms with Crippen LogP contribution in [0.5, 0.6) is 5.75 Å². The lowest BCUT2D eigenvalue weighted by Gasteiger charge is -2.26. The lowest BCUT2D eigenvalue weighted by Crippen LogP contribution is -2.49. The van der Waals surface area contributed by atoms with Gasteiger partial charge in [-0.05, 0) is 55.7 Å². The van der Waals surface area contributed by atoms with E-state index < -0.39 is 35.9 Å². The highest BCUT2D eigenvalue weighted by Crippen LogP contribution is 2.27. The number of likely N-dealkylation sites (tertiary alicyclic amines) is 1. The first-order valence-corrected chi connectivity index (χ1v) is 16.4. The van der Waals surface area contributed by atoms with Crippen molar-refractivity contribution in [3.8, 4) is 5.75 Å². The molecule has 1 aromatic carbocycles. The fourth-order valence-corrected chi connectivity index (χ4v) is 6.80. The van der Waals surface area contributed by atoms with Crippen molar-refractivity contribution in [1.82, 2.24) is 20.5 Å². The van der Waals surface area contributed by atoms with Gasteiger partial charge >= 0.3 is 5.97 Å². The van der Waals surface area contributed by atoms with Gasteiger partial charge in [0.25, 0.3) is 0 Å². The smallest absolute Gasteiger partial charge is 0.326 e. The van der Waals surface area contributed by atoms with E-state index in [0.717, 1.165) is 28.2 Å². The lowest BCUT2D eigenvalue weighted by molar-refractivity contribution is -0.149. The van der Waals surface area contributed by atoms with Crippen LogP contribution >= 0.6 is 23.5 Å². The summed E-state index contributed by atoms with van der Waals surface area (Å²) in [6.45, 7) is 0.762. The number of aromatic amines is 1. The molecule has 0 radical (unpaired) electrons. The van der Waals surface area contributed by atoms with Crippen LogP contribution in [0.2, 0.25) is 0 Å². The van der Waals surface area contributed by atoms with Crippen molar-refractivity contribution in [3.63, 3.8) is 0 Å². The molecule has 15 heteroatoms. The van der Waals surface area contributed by atoms with Crippen molar-refractivity contribution in [2.45, 2.75) is 50.2 Å². The lowest BCUT2D eigenvalue weighted by atomic mass is 10.0. The molecule has 0 spiro atoms. The molecule has 1 saturated heterocycles. The van der Waals surface area contributed by atoms with Crippen LogP contribution in [0.15, 0.2) is 24.4 Å². The Kier molecular flexibility index (Phi) is 13.0. The van der Waals surface area contributed by atoms with E-state index in [1.165, 1.54) is 16.7 Å². The molecule has 1 unspecified atom stereocenters. The van der Waals surface area contributed by atoms with Gasteiger partial charge in [0, 0.05) is 48.1 Å². The molecule has 3 rings (SSSR count). The van der Waals surface area contributed by atoms with Crippen molar-refractivity contribution in [2.24, 2.45) is 17.4 Å². The third-order valence-corrected chi connectivity index (χ3v) is 9.18. The second kappa shape index (κ2) is 16.4. The number of carboxylic acid groups (broad SMARTS) is 1. The SMILES string of the molecule is COc1ccc2[nH]cc(C[C@H](NC(=O)[C@@H](N)CCCNC(=N)N)C(=O)SCC(CSC)C(=O)N3CCC[C@H]3C(=O)O)c2c1. The Morgan fingerprint density at radius 3 is 2.72 bits per heavy atom. The number of thioether (sulfide) groups is 2. The Hall–Kier alpha value is -3.43. The van der Waals surface area contributed by atoms with E-state index >= 15 is 0 Å². The Labute approximate surface area is 259 Å². The second-order valence-electron chi connectivity index (χ2n) is 10.4. The number of benzene rings is 1. The Morgan fingerprint density at radius 2 is 2.05 bits per heavy atom. The van der Waals surface area contributed by atoms with Crippen LogP contribution in [0.4, 0.5) is 0 Å². The number of fused-ring (bicyclic) bond motifs is 1. The molecule has 2 aromatic rings. The number of carboxylic acids is 1. The quantitative estimate of drug-likeness (QED) is 0.0787. The zero-order chi connectivity index (χ0) is 31.5. The molecule has 2 heterocycles. The number of carbonyl (C=O) groups excluding carboxylic acids is 3. The predicted octanol–water partition coefficient (Wildman–Crippen LogP) is 1.11. The molecule has 0 aliphatic carbocycles. The third-order valence-electron chi connectivity index (χ3n) is 7.31. The van der Waals surface area contributed by atoms with Crippen LogP contribution in [-0.2, 0) is 25.6 Å². The number of amides is 2. The summed E-state index contributed by atoms with van der Waals surface area (Å²) in [6, 6.07) is 2.87. The molecular weight excluding hydrogens is 594 g/mol. The summed E-state index contributed by atoms with van der Waals surface area (Å²) in [6.07, 6.45) is 5.66. The molecule has 236 valence electrons. The number of aromatic nitrogens is 1. The summed E-state index contributed by atoms with van der Waals surface area (Å²) < 4.78 is 5.36. The van der Waals surface area contributed by atoms with Crippen molar-refractivity contribution in [1.29, 1.82) is 5.41 Å². The molecule has 2 amide bonds. The average Bonchev–Trinajstić information content (AvgIpc) is 3.63. The van der Waals surface area contributed by atoms with Crippen molar-refractivity contribution < 1.29 is 29.0 Å². The first-order chi connectivity index (χ1) is 20.5. The highest BCUT2D eigenvalue weighted by Gasteiger charge is 2.37. The van der Waals surface area contributed by atoms with Gasteiger partial charge in [-0.15, -0.1) is 0 Å². The predicted molar refractivity (Wildman–Crippen MR) is 169 cm³/mol. The summed E-state index contributed by atoms with van der Waals surface area (Å²) in [7, 11) is 1.57. The number of hydrogen-bond acceptors (Lipinski definition) is 9. The van der Waals surface area contributed by atoms with Gasteiger partial charge in [-0.1, -0.05) is 11.8 Å². The summed E-state index contributed by atoms with van der Waals surface area (Å²) in [5, 5.41) is 22.8. The maximum absolute atomic E-state index is 13.6. The van der Waals surface area contributed by atoms with Crippen molar-refractivity contribution >= 4 is 63.3 Å². The number of ether oxygens (including phenoxy) is 1. The summed E-state index contributed by atoms with van der Waals surface area (Å²) in [4.78, 5) is 56.3. The van der Waals surface area contributed by atoms with Gasteiger partial charge in [0.2, 0.25) is 16.9 Å². The Morgan fingerprint density at radius 1 is 1.28 bits per heavy atom. The number of nitrogens with one attached hydrogen (secondary N) is 4. The minimum Gasteiger partial charge on any atom is -0.497 e. The number of guanidine groups is 1. The highest BCUT2D eigenvalue weighted by molar-refractivity contribution is 8.13. The molecule has 43 heavy (non-hydrogen) atoms. The van der Waals surface area contributed by atoms with E-state index in [1.54, 1.807) is 13.3 Å². The molecule has 1 fully saturated rings. The molecule has 0 bridgehead atoms. The summed E-state index contributed by atoms with van der Waals surface area (Å²) >= 11 is 2.41. The molecule has 1 aliphatic heterocycles. The zero-order valence-corrected chi connectivity index (χ0v) is 26.0. The summed E-state index contributed by atoms with van der Waals surface area (Å²) in [5.41, 5.74) is 13.1. The number of rotatable bonds is 16. The largest absolute Gasteiger partial charge is 0.497 e. The molecular formula is C28H41N7O6S2. The van der Waals surface area contributed by atoms with E-state index in [0.29, 0.717) is 50.3 Å². The maximum Gasteiger partial charge on any atom is 0.326 e. The Bertz CT molecular complexity index is 1310. The molecule has 1 aromatic heterocycles.